The first kappa shape index (κ1) is 16.0. The molecule has 1 N–H and O–H groups in total. The van der Waals surface area contributed by atoms with Gasteiger partial charge in [0.2, 0.25) is 0 Å². The maximum atomic E-state index is 12.1. The van der Waals surface area contributed by atoms with E-state index in [1.165, 1.54) is 0 Å². The van der Waals surface area contributed by atoms with Crippen LogP contribution in [0.1, 0.15) is 23.1 Å². The van der Waals surface area contributed by atoms with Crippen molar-refractivity contribution in [2.75, 3.05) is 40.3 Å². The number of benzene rings is 1. The molecule has 23 heavy (non-hydrogen) atoms. The monoisotopic (exact) mass is 315 g/mol. The third kappa shape index (κ3) is 3.23. The molecule has 0 spiro atoms. The first-order valence-electron chi connectivity index (χ1n) is 8.24. The molecule has 0 unspecified atom stereocenters. The highest BCUT2D eigenvalue weighted by Gasteiger charge is 2.17. The quantitative estimate of drug-likeness (QED) is 0.920. The van der Waals surface area contributed by atoms with E-state index in [-0.39, 0.29) is 5.91 Å². The van der Waals surface area contributed by atoms with E-state index < -0.39 is 0 Å². The van der Waals surface area contributed by atoms with Crippen LogP contribution in [0.15, 0.2) is 18.2 Å². The normalized spacial score (nSPS) is 16.0. The molecule has 1 aliphatic rings. The Morgan fingerprint density at radius 1 is 1.30 bits per heavy atom. The molecule has 1 aromatic heterocycles. The summed E-state index contributed by atoms with van der Waals surface area (Å²) in [6.07, 6.45) is 0. The van der Waals surface area contributed by atoms with Crippen LogP contribution in [0.4, 0.5) is 0 Å². The van der Waals surface area contributed by atoms with Crippen molar-refractivity contribution in [3.8, 4) is 0 Å². The highest BCUT2D eigenvalue weighted by Crippen LogP contribution is 2.20. The van der Waals surface area contributed by atoms with Crippen LogP contribution in [-0.2, 0) is 13.1 Å². The molecule has 0 saturated carbocycles. The maximum Gasteiger partial charge on any atom is 0.253 e. The number of carbonyl (C=O) groups excluding carboxylic acids is 1. The first-order chi connectivity index (χ1) is 11.1. The molecule has 124 valence electrons. The Hall–Kier alpha value is -1.92. The molecule has 6 nitrogen and oxygen atoms in total. The van der Waals surface area contributed by atoms with Gasteiger partial charge in [-0.05, 0) is 25.1 Å². The van der Waals surface area contributed by atoms with Crippen molar-refractivity contribution in [1.82, 2.24) is 24.7 Å². The summed E-state index contributed by atoms with van der Waals surface area (Å²) in [6.45, 7) is 8.07. The van der Waals surface area contributed by atoms with E-state index in [4.69, 9.17) is 4.98 Å². The molecule has 1 fully saturated rings. The van der Waals surface area contributed by atoms with E-state index in [1.807, 2.05) is 18.2 Å². The summed E-state index contributed by atoms with van der Waals surface area (Å²) in [5.41, 5.74) is 2.70. The second-order valence-corrected chi connectivity index (χ2v) is 6.20. The molecule has 3 rings (SSSR count). The molecule has 1 aromatic carbocycles. The summed E-state index contributed by atoms with van der Waals surface area (Å²) in [6, 6.07) is 5.82. The van der Waals surface area contributed by atoms with Crippen LogP contribution >= 0.6 is 0 Å². The first-order valence-corrected chi connectivity index (χ1v) is 8.24. The molecule has 1 aliphatic heterocycles. The minimum Gasteiger partial charge on any atom is -0.345 e. The number of fused-ring (bicyclic) bond motifs is 1. The Balaban J connectivity index is 1.93. The highest BCUT2D eigenvalue weighted by atomic mass is 16.2. The lowest BCUT2D eigenvalue weighted by molar-refractivity contribution is 0.0827. The predicted molar refractivity (Wildman–Crippen MR) is 91.6 cm³/mol. The number of piperazine rings is 1. The molecule has 0 radical (unpaired) electrons. The fourth-order valence-corrected chi connectivity index (χ4v) is 3.11. The third-order valence-corrected chi connectivity index (χ3v) is 4.37. The molecule has 0 bridgehead atoms. The Kier molecular flexibility index (Phi) is 4.63. The highest BCUT2D eigenvalue weighted by molar-refractivity contribution is 5.97. The lowest BCUT2D eigenvalue weighted by Gasteiger charge is -2.26. The van der Waals surface area contributed by atoms with Gasteiger partial charge in [0.25, 0.3) is 5.91 Å². The Morgan fingerprint density at radius 3 is 2.70 bits per heavy atom. The second kappa shape index (κ2) is 6.68. The fraction of sp³-hybridized carbons (Fsp3) is 0.529. The van der Waals surface area contributed by atoms with Crippen molar-refractivity contribution in [2.45, 2.75) is 20.0 Å². The smallest absolute Gasteiger partial charge is 0.253 e. The zero-order valence-electron chi connectivity index (χ0n) is 14.2. The topological polar surface area (TPSA) is 53.4 Å². The second-order valence-electron chi connectivity index (χ2n) is 6.20. The van der Waals surface area contributed by atoms with Crippen LogP contribution < -0.4 is 5.32 Å². The van der Waals surface area contributed by atoms with E-state index in [9.17, 15) is 4.79 Å². The number of rotatable bonds is 4. The Labute approximate surface area is 137 Å². The van der Waals surface area contributed by atoms with Crippen LogP contribution in [0.5, 0.6) is 0 Å². The predicted octanol–water partition coefficient (Wildman–Crippen LogP) is 1.16. The number of carbonyl (C=O) groups is 1. The number of amides is 1. The van der Waals surface area contributed by atoms with Gasteiger partial charge in [-0.2, -0.15) is 0 Å². The van der Waals surface area contributed by atoms with Crippen molar-refractivity contribution in [3.05, 3.63) is 29.6 Å². The number of nitrogens with one attached hydrogen (secondary N) is 1. The SMILES string of the molecule is CCn1c(CN2CCNCC2)nc2cc(C(=O)N(C)C)ccc21. The molecular formula is C17H25N5O. The lowest BCUT2D eigenvalue weighted by Crippen LogP contribution is -2.43. The third-order valence-electron chi connectivity index (χ3n) is 4.37. The van der Waals surface area contributed by atoms with Gasteiger partial charge in [0.15, 0.2) is 0 Å². The van der Waals surface area contributed by atoms with Crippen LogP contribution in [0.2, 0.25) is 0 Å². The molecular weight excluding hydrogens is 290 g/mol. The summed E-state index contributed by atoms with van der Waals surface area (Å²) in [7, 11) is 3.54. The number of aromatic nitrogens is 2. The Morgan fingerprint density at radius 2 is 2.04 bits per heavy atom. The molecule has 0 atom stereocenters. The van der Waals surface area contributed by atoms with Gasteiger partial charge in [-0.25, -0.2) is 4.98 Å². The number of hydrogen-bond acceptors (Lipinski definition) is 4. The molecule has 2 aromatic rings. The van der Waals surface area contributed by atoms with Crippen molar-refractivity contribution in [3.63, 3.8) is 0 Å². The van der Waals surface area contributed by atoms with E-state index in [0.29, 0.717) is 5.56 Å². The van der Waals surface area contributed by atoms with Crippen molar-refractivity contribution >= 4 is 16.9 Å². The molecule has 1 saturated heterocycles. The van der Waals surface area contributed by atoms with Gasteiger partial charge in [0.1, 0.15) is 5.82 Å². The van der Waals surface area contributed by atoms with E-state index in [0.717, 1.165) is 56.1 Å². The largest absolute Gasteiger partial charge is 0.345 e. The average Bonchev–Trinajstić information content (AvgIpc) is 2.90. The minimum absolute atomic E-state index is 0.0154. The van der Waals surface area contributed by atoms with Gasteiger partial charge in [-0.3, -0.25) is 9.69 Å². The molecule has 1 amide bonds. The summed E-state index contributed by atoms with van der Waals surface area (Å²) in [5, 5.41) is 3.38. The fourth-order valence-electron chi connectivity index (χ4n) is 3.11. The minimum atomic E-state index is 0.0154. The van der Waals surface area contributed by atoms with Gasteiger partial charge in [0, 0.05) is 52.4 Å². The zero-order chi connectivity index (χ0) is 16.4. The number of aryl methyl sites for hydroxylation is 1. The average molecular weight is 315 g/mol. The summed E-state index contributed by atoms with van der Waals surface area (Å²) in [5.74, 6) is 1.10. The number of nitrogens with zero attached hydrogens (tertiary/aromatic N) is 4. The van der Waals surface area contributed by atoms with E-state index in [1.54, 1.807) is 19.0 Å². The van der Waals surface area contributed by atoms with Crippen molar-refractivity contribution < 1.29 is 4.79 Å². The summed E-state index contributed by atoms with van der Waals surface area (Å²) >= 11 is 0. The molecule has 0 aliphatic carbocycles. The van der Waals surface area contributed by atoms with Gasteiger partial charge in [-0.1, -0.05) is 0 Å². The number of hydrogen-bond donors (Lipinski definition) is 1. The van der Waals surface area contributed by atoms with Gasteiger partial charge in [-0.15, -0.1) is 0 Å². The van der Waals surface area contributed by atoms with Crippen LogP contribution in [0.25, 0.3) is 11.0 Å². The summed E-state index contributed by atoms with van der Waals surface area (Å²) in [4.78, 5) is 21.0. The summed E-state index contributed by atoms with van der Waals surface area (Å²) < 4.78 is 2.25. The number of imidazole rings is 1. The maximum absolute atomic E-state index is 12.1. The zero-order valence-corrected chi connectivity index (χ0v) is 14.2. The van der Waals surface area contributed by atoms with Crippen LogP contribution in [0.3, 0.4) is 0 Å². The van der Waals surface area contributed by atoms with Crippen LogP contribution in [-0.4, -0.2) is 65.5 Å². The molecule has 2 heterocycles. The van der Waals surface area contributed by atoms with Gasteiger partial charge in [0.05, 0.1) is 17.6 Å². The van der Waals surface area contributed by atoms with Gasteiger partial charge < -0.3 is 14.8 Å². The van der Waals surface area contributed by atoms with Crippen molar-refractivity contribution in [2.24, 2.45) is 0 Å². The lowest BCUT2D eigenvalue weighted by atomic mass is 10.2. The Bertz CT molecular complexity index is 700. The molecule has 6 heteroatoms. The van der Waals surface area contributed by atoms with E-state index in [2.05, 4.69) is 21.7 Å². The van der Waals surface area contributed by atoms with Crippen LogP contribution in [0, 0.1) is 0 Å². The van der Waals surface area contributed by atoms with Gasteiger partial charge >= 0.3 is 0 Å². The van der Waals surface area contributed by atoms with Crippen molar-refractivity contribution in [1.29, 1.82) is 0 Å². The standard InChI is InChI=1S/C17H25N5O/c1-4-22-15-6-5-13(17(23)20(2)3)11-14(15)19-16(22)12-21-9-7-18-8-10-21/h5-6,11,18H,4,7-10,12H2,1-3H3. The van der Waals surface area contributed by atoms with E-state index >= 15 is 0 Å².